The normalized spacial score (nSPS) is 11.6. The molecule has 2 aromatic rings. The highest BCUT2D eigenvalue weighted by atomic mass is 15.3. The summed E-state index contributed by atoms with van der Waals surface area (Å²) >= 11 is 0. The van der Waals surface area contributed by atoms with Gasteiger partial charge in [-0.1, -0.05) is 39.8 Å². The monoisotopic (exact) mass is 272 g/mol. The molecule has 0 aliphatic heterocycles. The Hall–Kier alpha value is -1.84. The van der Waals surface area contributed by atoms with Crippen LogP contribution in [0.5, 0.6) is 0 Å². The fourth-order valence-electron chi connectivity index (χ4n) is 2.09. The average molecular weight is 272 g/mol. The van der Waals surface area contributed by atoms with Gasteiger partial charge in [0.15, 0.2) is 0 Å². The van der Waals surface area contributed by atoms with E-state index in [1.807, 2.05) is 4.68 Å². The number of aromatic nitrogens is 3. The first-order valence-corrected chi connectivity index (χ1v) is 7.22. The van der Waals surface area contributed by atoms with Gasteiger partial charge < -0.3 is 5.32 Å². The Labute approximate surface area is 121 Å². The van der Waals surface area contributed by atoms with Gasteiger partial charge in [0.1, 0.15) is 12.2 Å². The Morgan fingerprint density at radius 2 is 1.85 bits per heavy atom. The summed E-state index contributed by atoms with van der Waals surface area (Å²) in [7, 11) is 0. The SMILES string of the molecule is CCCn1ncnc1CNc1ccc(C(C)(C)C)cc1. The van der Waals surface area contributed by atoms with Gasteiger partial charge in [-0.15, -0.1) is 0 Å². The minimum Gasteiger partial charge on any atom is -0.378 e. The molecule has 0 spiro atoms. The van der Waals surface area contributed by atoms with E-state index in [-0.39, 0.29) is 5.41 Å². The smallest absolute Gasteiger partial charge is 0.146 e. The molecule has 1 aromatic carbocycles. The molecule has 1 heterocycles. The molecule has 1 aromatic heterocycles. The van der Waals surface area contributed by atoms with Crippen molar-refractivity contribution in [2.75, 3.05) is 5.32 Å². The van der Waals surface area contributed by atoms with E-state index in [9.17, 15) is 0 Å². The number of hydrogen-bond donors (Lipinski definition) is 1. The van der Waals surface area contributed by atoms with Gasteiger partial charge in [-0.25, -0.2) is 9.67 Å². The van der Waals surface area contributed by atoms with Gasteiger partial charge in [0.25, 0.3) is 0 Å². The predicted molar refractivity (Wildman–Crippen MR) is 82.8 cm³/mol. The Morgan fingerprint density at radius 3 is 2.45 bits per heavy atom. The molecule has 108 valence electrons. The summed E-state index contributed by atoms with van der Waals surface area (Å²) in [6, 6.07) is 8.61. The summed E-state index contributed by atoms with van der Waals surface area (Å²) in [5.74, 6) is 0.978. The number of hydrogen-bond acceptors (Lipinski definition) is 3. The van der Waals surface area contributed by atoms with Gasteiger partial charge in [-0.2, -0.15) is 5.10 Å². The van der Waals surface area contributed by atoms with Gasteiger partial charge in [-0.3, -0.25) is 0 Å². The number of nitrogens with one attached hydrogen (secondary N) is 1. The van der Waals surface area contributed by atoms with Crippen molar-refractivity contribution < 1.29 is 0 Å². The molecule has 0 unspecified atom stereocenters. The topological polar surface area (TPSA) is 42.7 Å². The quantitative estimate of drug-likeness (QED) is 0.904. The number of nitrogens with zero attached hydrogens (tertiary/aromatic N) is 3. The predicted octanol–water partition coefficient (Wildman–Crippen LogP) is 3.60. The van der Waals surface area contributed by atoms with E-state index >= 15 is 0 Å². The minimum absolute atomic E-state index is 0.194. The van der Waals surface area contributed by atoms with Crippen molar-refractivity contribution in [2.24, 2.45) is 0 Å². The molecule has 20 heavy (non-hydrogen) atoms. The maximum absolute atomic E-state index is 4.30. The van der Waals surface area contributed by atoms with Crippen LogP contribution in [-0.2, 0) is 18.5 Å². The Bertz CT molecular complexity index is 534. The van der Waals surface area contributed by atoms with Crippen LogP contribution in [0.4, 0.5) is 5.69 Å². The molecule has 0 saturated carbocycles. The Balaban J connectivity index is 1.99. The third-order valence-corrected chi connectivity index (χ3v) is 3.33. The second-order valence-corrected chi connectivity index (χ2v) is 6.08. The molecule has 4 nitrogen and oxygen atoms in total. The zero-order valence-corrected chi connectivity index (χ0v) is 12.8. The van der Waals surface area contributed by atoms with Crippen molar-refractivity contribution in [3.05, 3.63) is 42.0 Å². The van der Waals surface area contributed by atoms with E-state index in [1.165, 1.54) is 5.56 Å². The summed E-state index contributed by atoms with van der Waals surface area (Å²) in [6.07, 6.45) is 2.69. The molecule has 2 rings (SSSR count). The molecule has 0 aliphatic carbocycles. The second-order valence-electron chi connectivity index (χ2n) is 6.08. The van der Waals surface area contributed by atoms with Crippen molar-refractivity contribution in [2.45, 2.75) is 52.6 Å². The zero-order chi connectivity index (χ0) is 14.6. The molecule has 4 heteroatoms. The van der Waals surface area contributed by atoms with Crippen LogP contribution in [0, 0.1) is 0 Å². The molecule has 0 bridgehead atoms. The van der Waals surface area contributed by atoms with Crippen molar-refractivity contribution in [1.82, 2.24) is 14.8 Å². The van der Waals surface area contributed by atoms with Crippen LogP contribution in [0.3, 0.4) is 0 Å². The van der Waals surface area contributed by atoms with Crippen LogP contribution >= 0.6 is 0 Å². The van der Waals surface area contributed by atoms with Crippen molar-refractivity contribution >= 4 is 5.69 Å². The number of rotatable bonds is 5. The molecule has 0 saturated heterocycles. The lowest BCUT2D eigenvalue weighted by Crippen LogP contribution is -2.12. The van der Waals surface area contributed by atoms with E-state index in [0.29, 0.717) is 6.54 Å². The molecular formula is C16H24N4. The zero-order valence-electron chi connectivity index (χ0n) is 12.8. The molecule has 0 atom stereocenters. The van der Waals surface area contributed by atoms with Crippen molar-refractivity contribution in [1.29, 1.82) is 0 Å². The number of anilines is 1. The standard InChI is InChI=1S/C16H24N4/c1-5-10-20-15(18-12-19-20)11-17-14-8-6-13(7-9-14)16(2,3)4/h6-9,12,17H,5,10-11H2,1-4H3. The summed E-state index contributed by atoms with van der Waals surface area (Å²) in [5, 5.41) is 7.63. The fraction of sp³-hybridized carbons (Fsp3) is 0.500. The molecule has 0 amide bonds. The fourth-order valence-corrected chi connectivity index (χ4v) is 2.09. The maximum Gasteiger partial charge on any atom is 0.146 e. The number of aryl methyl sites for hydroxylation is 1. The molecule has 1 N–H and O–H groups in total. The third-order valence-electron chi connectivity index (χ3n) is 3.33. The van der Waals surface area contributed by atoms with Gasteiger partial charge in [0.05, 0.1) is 6.54 Å². The maximum atomic E-state index is 4.30. The van der Waals surface area contributed by atoms with Crippen LogP contribution in [-0.4, -0.2) is 14.8 Å². The lowest BCUT2D eigenvalue weighted by Gasteiger charge is -2.19. The molecular weight excluding hydrogens is 248 g/mol. The van der Waals surface area contributed by atoms with E-state index in [2.05, 4.69) is 67.4 Å². The highest BCUT2D eigenvalue weighted by Gasteiger charge is 2.12. The van der Waals surface area contributed by atoms with E-state index in [4.69, 9.17) is 0 Å². The number of benzene rings is 1. The minimum atomic E-state index is 0.194. The first-order valence-electron chi connectivity index (χ1n) is 7.22. The first kappa shape index (κ1) is 14.6. The molecule has 0 fully saturated rings. The van der Waals surface area contributed by atoms with Crippen LogP contribution in [0.15, 0.2) is 30.6 Å². The van der Waals surface area contributed by atoms with Crippen LogP contribution in [0.1, 0.15) is 45.5 Å². The average Bonchev–Trinajstić information content (AvgIpc) is 2.84. The summed E-state index contributed by atoms with van der Waals surface area (Å²) in [4.78, 5) is 4.30. The highest BCUT2D eigenvalue weighted by Crippen LogP contribution is 2.23. The largest absolute Gasteiger partial charge is 0.378 e. The van der Waals surface area contributed by atoms with Gasteiger partial charge in [-0.05, 0) is 29.5 Å². The third kappa shape index (κ3) is 3.59. The van der Waals surface area contributed by atoms with E-state index in [1.54, 1.807) is 6.33 Å². The van der Waals surface area contributed by atoms with Crippen LogP contribution < -0.4 is 5.32 Å². The second kappa shape index (κ2) is 6.07. The van der Waals surface area contributed by atoms with Gasteiger partial charge in [0.2, 0.25) is 0 Å². The van der Waals surface area contributed by atoms with Crippen LogP contribution in [0.2, 0.25) is 0 Å². The lowest BCUT2D eigenvalue weighted by atomic mass is 9.87. The van der Waals surface area contributed by atoms with Gasteiger partial charge >= 0.3 is 0 Å². The summed E-state index contributed by atoms with van der Waals surface area (Å²) < 4.78 is 1.95. The van der Waals surface area contributed by atoms with E-state index in [0.717, 1.165) is 24.5 Å². The summed E-state index contributed by atoms with van der Waals surface area (Å²) in [5.41, 5.74) is 2.65. The van der Waals surface area contributed by atoms with Crippen LogP contribution in [0.25, 0.3) is 0 Å². The lowest BCUT2D eigenvalue weighted by molar-refractivity contribution is 0.574. The van der Waals surface area contributed by atoms with Crippen molar-refractivity contribution in [3.63, 3.8) is 0 Å². The Kier molecular flexibility index (Phi) is 4.42. The molecule has 0 radical (unpaired) electrons. The van der Waals surface area contributed by atoms with Gasteiger partial charge in [0, 0.05) is 12.2 Å². The Morgan fingerprint density at radius 1 is 1.15 bits per heavy atom. The molecule has 0 aliphatic rings. The first-order chi connectivity index (χ1) is 9.50. The summed E-state index contributed by atoms with van der Waals surface area (Å²) in [6.45, 7) is 10.4. The van der Waals surface area contributed by atoms with E-state index < -0.39 is 0 Å². The highest BCUT2D eigenvalue weighted by molar-refractivity contribution is 5.45. The van der Waals surface area contributed by atoms with Crippen molar-refractivity contribution in [3.8, 4) is 0 Å².